The third kappa shape index (κ3) is 3.86. The first-order valence-electron chi connectivity index (χ1n) is 5.74. The highest BCUT2D eigenvalue weighted by Gasteiger charge is 2.08. The zero-order valence-electron chi connectivity index (χ0n) is 10.4. The van der Waals surface area contributed by atoms with Crippen LogP contribution < -0.4 is 5.32 Å². The molecule has 100 valence electrons. The summed E-state index contributed by atoms with van der Waals surface area (Å²) < 4.78 is 0.728. The van der Waals surface area contributed by atoms with Crippen LogP contribution in [0.5, 0.6) is 0 Å². The molecule has 0 unspecified atom stereocenters. The van der Waals surface area contributed by atoms with Crippen LogP contribution in [-0.2, 0) is 13.1 Å². The van der Waals surface area contributed by atoms with Gasteiger partial charge < -0.3 is 5.32 Å². The monoisotopic (exact) mass is 340 g/mol. The molecule has 0 amide bonds. The van der Waals surface area contributed by atoms with E-state index in [1.54, 1.807) is 17.4 Å². The van der Waals surface area contributed by atoms with Crippen LogP contribution in [-0.4, -0.2) is 4.92 Å². The lowest BCUT2D eigenvalue weighted by molar-refractivity contribution is -0.385. The van der Waals surface area contributed by atoms with Gasteiger partial charge in [0.1, 0.15) is 0 Å². The average Bonchev–Trinajstić information content (AvgIpc) is 2.74. The highest BCUT2D eigenvalue weighted by molar-refractivity contribution is 9.10. The Balaban J connectivity index is 2.00. The second kappa shape index (κ2) is 6.27. The summed E-state index contributed by atoms with van der Waals surface area (Å²) in [6, 6.07) is 7.08. The van der Waals surface area contributed by atoms with Gasteiger partial charge in [0.15, 0.2) is 0 Å². The summed E-state index contributed by atoms with van der Waals surface area (Å²) in [5.41, 5.74) is 2.28. The van der Waals surface area contributed by atoms with Crippen molar-refractivity contribution in [1.29, 1.82) is 0 Å². The van der Waals surface area contributed by atoms with Crippen molar-refractivity contribution in [3.8, 4) is 0 Å². The summed E-state index contributed by atoms with van der Waals surface area (Å²) in [5.74, 6) is 0. The Labute approximate surface area is 123 Å². The number of hydrogen-bond donors (Lipinski definition) is 1. The van der Waals surface area contributed by atoms with Crippen LogP contribution in [0, 0.1) is 17.0 Å². The quantitative estimate of drug-likeness (QED) is 0.660. The molecule has 0 aliphatic carbocycles. The van der Waals surface area contributed by atoms with Crippen molar-refractivity contribution in [2.45, 2.75) is 20.0 Å². The molecule has 2 aromatic rings. The van der Waals surface area contributed by atoms with Gasteiger partial charge in [0.25, 0.3) is 5.69 Å². The van der Waals surface area contributed by atoms with Crippen molar-refractivity contribution < 1.29 is 4.92 Å². The van der Waals surface area contributed by atoms with Crippen molar-refractivity contribution in [1.82, 2.24) is 5.32 Å². The SMILES string of the molecule is Cc1ccsc1CNCc1cc(Br)cc([N+](=O)[O-])c1. The zero-order chi connectivity index (χ0) is 13.8. The van der Waals surface area contributed by atoms with Crippen LogP contribution >= 0.6 is 27.3 Å². The minimum absolute atomic E-state index is 0.110. The predicted octanol–water partition coefficient (Wildman–Crippen LogP) is 4.02. The molecule has 0 saturated carbocycles. The Hall–Kier alpha value is -1.24. The van der Waals surface area contributed by atoms with E-state index >= 15 is 0 Å². The van der Waals surface area contributed by atoms with Crippen molar-refractivity contribution in [3.05, 3.63) is 60.2 Å². The molecule has 1 heterocycles. The number of halogens is 1. The summed E-state index contributed by atoms with van der Waals surface area (Å²) >= 11 is 5.01. The van der Waals surface area contributed by atoms with Crippen molar-refractivity contribution >= 4 is 33.0 Å². The highest BCUT2D eigenvalue weighted by atomic mass is 79.9. The number of benzene rings is 1. The number of nitrogens with zero attached hydrogens (tertiary/aromatic N) is 1. The summed E-state index contributed by atoms with van der Waals surface area (Å²) in [4.78, 5) is 11.7. The Morgan fingerprint density at radius 3 is 2.79 bits per heavy atom. The van der Waals surface area contributed by atoms with Gasteiger partial charge in [-0.15, -0.1) is 11.3 Å². The molecule has 0 bridgehead atoms. The van der Waals surface area contributed by atoms with E-state index in [4.69, 9.17) is 0 Å². The normalized spacial score (nSPS) is 10.6. The van der Waals surface area contributed by atoms with E-state index in [9.17, 15) is 10.1 Å². The second-order valence-electron chi connectivity index (χ2n) is 4.21. The van der Waals surface area contributed by atoms with Crippen LogP contribution in [0.1, 0.15) is 16.0 Å². The first-order chi connectivity index (χ1) is 9.06. The van der Waals surface area contributed by atoms with Crippen molar-refractivity contribution in [3.63, 3.8) is 0 Å². The van der Waals surface area contributed by atoms with Gasteiger partial charge in [0, 0.05) is 34.6 Å². The van der Waals surface area contributed by atoms with Crippen molar-refractivity contribution in [2.24, 2.45) is 0 Å². The third-order valence-electron chi connectivity index (χ3n) is 2.74. The lowest BCUT2D eigenvalue weighted by atomic mass is 10.2. The van der Waals surface area contributed by atoms with Gasteiger partial charge in [-0.3, -0.25) is 10.1 Å². The lowest BCUT2D eigenvalue weighted by Gasteiger charge is -2.05. The Morgan fingerprint density at radius 2 is 2.16 bits per heavy atom. The summed E-state index contributed by atoms with van der Waals surface area (Å²) in [5, 5.41) is 16.1. The lowest BCUT2D eigenvalue weighted by Crippen LogP contribution is -2.12. The zero-order valence-corrected chi connectivity index (χ0v) is 12.8. The van der Waals surface area contributed by atoms with E-state index in [1.807, 2.05) is 6.07 Å². The molecule has 0 radical (unpaired) electrons. The first-order valence-corrected chi connectivity index (χ1v) is 7.41. The standard InChI is InChI=1S/C13H13BrN2O2S/c1-9-2-3-19-13(9)8-15-7-10-4-11(14)6-12(5-10)16(17)18/h2-6,15H,7-8H2,1H3. The van der Waals surface area contributed by atoms with E-state index in [2.05, 4.69) is 39.6 Å². The van der Waals surface area contributed by atoms with Crippen LogP contribution in [0.2, 0.25) is 0 Å². The number of aryl methyl sites for hydroxylation is 1. The molecule has 0 fully saturated rings. The molecule has 6 heteroatoms. The van der Waals surface area contributed by atoms with E-state index in [-0.39, 0.29) is 10.6 Å². The molecule has 1 aromatic heterocycles. The summed E-state index contributed by atoms with van der Waals surface area (Å²) in [7, 11) is 0. The molecular formula is C13H13BrN2O2S. The summed E-state index contributed by atoms with van der Waals surface area (Å²) in [6.45, 7) is 3.47. The minimum Gasteiger partial charge on any atom is -0.308 e. The number of non-ortho nitro benzene ring substituents is 1. The minimum atomic E-state index is -0.377. The molecule has 19 heavy (non-hydrogen) atoms. The van der Waals surface area contributed by atoms with E-state index in [0.717, 1.165) is 16.6 Å². The molecule has 1 N–H and O–H groups in total. The fraction of sp³-hybridized carbons (Fsp3) is 0.231. The Kier molecular flexibility index (Phi) is 4.68. The highest BCUT2D eigenvalue weighted by Crippen LogP contribution is 2.21. The molecule has 1 aromatic carbocycles. The van der Waals surface area contributed by atoms with Gasteiger partial charge in [-0.25, -0.2) is 0 Å². The fourth-order valence-corrected chi connectivity index (χ4v) is 3.15. The van der Waals surface area contributed by atoms with Gasteiger partial charge in [-0.2, -0.15) is 0 Å². The third-order valence-corrected chi connectivity index (χ3v) is 4.22. The van der Waals surface area contributed by atoms with Crippen LogP contribution in [0.3, 0.4) is 0 Å². The molecule has 0 aliphatic rings. The molecule has 0 saturated heterocycles. The maximum atomic E-state index is 10.8. The van der Waals surface area contributed by atoms with E-state index in [0.29, 0.717) is 6.54 Å². The number of nitro groups is 1. The molecular weight excluding hydrogens is 328 g/mol. The maximum Gasteiger partial charge on any atom is 0.270 e. The summed E-state index contributed by atoms with van der Waals surface area (Å²) in [6.07, 6.45) is 0. The maximum absolute atomic E-state index is 10.8. The molecule has 0 aliphatic heterocycles. The van der Waals surface area contributed by atoms with Gasteiger partial charge in [-0.05, 0) is 35.6 Å². The molecule has 2 rings (SSSR count). The van der Waals surface area contributed by atoms with Crippen LogP contribution in [0.4, 0.5) is 5.69 Å². The average molecular weight is 341 g/mol. The van der Waals surface area contributed by atoms with E-state index < -0.39 is 0 Å². The van der Waals surface area contributed by atoms with Gasteiger partial charge in [-0.1, -0.05) is 15.9 Å². The molecule has 0 spiro atoms. The predicted molar refractivity (Wildman–Crippen MR) is 80.4 cm³/mol. The second-order valence-corrected chi connectivity index (χ2v) is 6.12. The fourth-order valence-electron chi connectivity index (χ4n) is 1.75. The number of thiophene rings is 1. The van der Waals surface area contributed by atoms with Crippen molar-refractivity contribution in [2.75, 3.05) is 0 Å². The number of nitrogens with one attached hydrogen (secondary N) is 1. The Bertz CT molecular complexity index is 598. The number of rotatable bonds is 5. The Morgan fingerprint density at radius 1 is 1.37 bits per heavy atom. The largest absolute Gasteiger partial charge is 0.308 e. The van der Waals surface area contributed by atoms with Gasteiger partial charge >= 0.3 is 0 Å². The smallest absolute Gasteiger partial charge is 0.270 e. The van der Waals surface area contributed by atoms with E-state index in [1.165, 1.54) is 16.5 Å². The first kappa shape index (κ1) is 14.2. The van der Waals surface area contributed by atoms with Gasteiger partial charge in [0.05, 0.1) is 4.92 Å². The number of nitro benzene ring substituents is 1. The topological polar surface area (TPSA) is 55.2 Å². The van der Waals surface area contributed by atoms with Crippen LogP contribution in [0.25, 0.3) is 0 Å². The number of hydrogen-bond acceptors (Lipinski definition) is 4. The van der Waals surface area contributed by atoms with Gasteiger partial charge in [0.2, 0.25) is 0 Å². The molecule has 4 nitrogen and oxygen atoms in total. The van der Waals surface area contributed by atoms with Crippen LogP contribution in [0.15, 0.2) is 34.1 Å². The molecule has 0 atom stereocenters.